The van der Waals surface area contributed by atoms with E-state index in [1.165, 1.54) is 6.07 Å². The number of rotatable bonds is 1. The van der Waals surface area contributed by atoms with Crippen LogP contribution in [0.1, 0.15) is 0 Å². The molecule has 0 unspecified atom stereocenters. The van der Waals surface area contributed by atoms with Crippen molar-refractivity contribution in [3.8, 4) is 11.3 Å². The monoisotopic (exact) mass is 325 g/mol. The summed E-state index contributed by atoms with van der Waals surface area (Å²) in [4.78, 5) is 4.15. The third-order valence-electron chi connectivity index (χ3n) is 2.54. The van der Waals surface area contributed by atoms with Crippen molar-refractivity contribution in [2.45, 2.75) is 0 Å². The van der Waals surface area contributed by atoms with E-state index in [-0.39, 0.29) is 5.02 Å². The molecule has 2 heterocycles. The number of imidazole rings is 1. The van der Waals surface area contributed by atoms with E-state index >= 15 is 0 Å². The minimum absolute atomic E-state index is 0.0825. The quantitative estimate of drug-likeness (QED) is 0.678. The van der Waals surface area contributed by atoms with Crippen molar-refractivity contribution in [2.75, 3.05) is 0 Å². The van der Waals surface area contributed by atoms with E-state index in [9.17, 15) is 4.39 Å². The lowest BCUT2D eigenvalue weighted by Crippen LogP contribution is -1.94. The van der Waals surface area contributed by atoms with Gasteiger partial charge in [0, 0.05) is 5.56 Å². The zero-order chi connectivity index (χ0) is 12.7. The number of halogens is 3. The average Bonchev–Trinajstić information content (AvgIpc) is 2.74. The lowest BCUT2D eigenvalue weighted by Gasteiger charge is -2.03. The van der Waals surface area contributed by atoms with E-state index in [0.29, 0.717) is 5.69 Å². The topological polar surface area (TPSA) is 30.2 Å². The zero-order valence-electron chi connectivity index (χ0n) is 8.94. The number of aromatic nitrogens is 3. The summed E-state index contributed by atoms with van der Waals surface area (Å²) >= 11 is 9.11. The molecule has 0 bridgehead atoms. The Labute approximate surface area is 115 Å². The van der Waals surface area contributed by atoms with Crippen molar-refractivity contribution in [3.05, 3.63) is 52.0 Å². The maximum atomic E-state index is 13.1. The predicted molar refractivity (Wildman–Crippen MR) is 71.1 cm³/mol. The van der Waals surface area contributed by atoms with E-state index in [0.717, 1.165) is 15.8 Å². The van der Waals surface area contributed by atoms with Crippen LogP contribution in [0.15, 0.2) is 41.1 Å². The Bertz CT molecular complexity index is 741. The maximum absolute atomic E-state index is 13.1. The molecular formula is C12H6BrClFN3. The predicted octanol–water partition coefficient (Wildman–Crippen LogP) is 3.95. The van der Waals surface area contributed by atoms with Crippen LogP contribution in [-0.2, 0) is 0 Å². The second-order valence-electron chi connectivity index (χ2n) is 3.70. The van der Waals surface area contributed by atoms with Gasteiger partial charge in [-0.25, -0.2) is 13.9 Å². The fraction of sp³-hybridized carbons (Fsp3) is 0. The summed E-state index contributed by atoms with van der Waals surface area (Å²) in [5.41, 5.74) is 2.19. The van der Waals surface area contributed by atoms with Crippen LogP contribution in [0.3, 0.4) is 0 Å². The van der Waals surface area contributed by atoms with Crippen LogP contribution < -0.4 is 0 Å². The van der Waals surface area contributed by atoms with Gasteiger partial charge in [0.1, 0.15) is 10.4 Å². The smallest absolute Gasteiger partial charge is 0.154 e. The van der Waals surface area contributed by atoms with Gasteiger partial charge in [-0.05, 0) is 46.3 Å². The van der Waals surface area contributed by atoms with Gasteiger partial charge in [0.15, 0.2) is 5.65 Å². The number of hydrogen-bond acceptors (Lipinski definition) is 2. The molecule has 90 valence electrons. The first-order chi connectivity index (χ1) is 8.65. The molecule has 6 heteroatoms. The molecule has 2 aromatic heterocycles. The summed E-state index contributed by atoms with van der Waals surface area (Å²) in [6.45, 7) is 0. The number of benzene rings is 1. The fourth-order valence-electron chi connectivity index (χ4n) is 1.65. The summed E-state index contributed by atoms with van der Waals surface area (Å²) in [6.07, 6.45) is 1.67. The average molecular weight is 327 g/mol. The molecule has 0 fully saturated rings. The first-order valence-corrected chi connectivity index (χ1v) is 6.28. The molecular weight excluding hydrogens is 321 g/mol. The van der Waals surface area contributed by atoms with Gasteiger partial charge in [-0.2, -0.15) is 5.10 Å². The summed E-state index contributed by atoms with van der Waals surface area (Å²) in [5, 5.41) is 4.48. The molecule has 3 nitrogen and oxygen atoms in total. The molecule has 0 saturated carbocycles. The summed E-state index contributed by atoms with van der Waals surface area (Å²) in [6, 6.07) is 8.17. The first kappa shape index (κ1) is 11.6. The van der Waals surface area contributed by atoms with Crippen molar-refractivity contribution in [2.24, 2.45) is 0 Å². The molecule has 0 spiro atoms. The number of hydrogen-bond donors (Lipinski definition) is 0. The highest BCUT2D eigenvalue weighted by atomic mass is 79.9. The minimum Gasteiger partial charge on any atom is -0.234 e. The van der Waals surface area contributed by atoms with Crippen LogP contribution in [0.5, 0.6) is 0 Å². The van der Waals surface area contributed by atoms with Gasteiger partial charge >= 0.3 is 0 Å². The van der Waals surface area contributed by atoms with E-state index < -0.39 is 5.82 Å². The van der Waals surface area contributed by atoms with Gasteiger partial charge in [0.25, 0.3) is 0 Å². The van der Waals surface area contributed by atoms with Crippen molar-refractivity contribution in [1.29, 1.82) is 0 Å². The first-order valence-electron chi connectivity index (χ1n) is 5.11. The number of nitrogens with zero attached hydrogens (tertiary/aromatic N) is 3. The Morgan fingerprint density at radius 3 is 2.83 bits per heavy atom. The Morgan fingerprint density at radius 1 is 1.22 bits per heavy atom. The Balaban J connectivity index is 2.18. The van der Waals surface area contributed by atoms with Crippen molar-refractivity contribution in [1.82, 2.24) is 14.6 Å². The highest BCUT2D eigenvalue weighted by molar-refractivity contribution is 9.10. The van der Waals surface area contributed by atoms with Crippen LogP contribution in [-0.4, -0.2) is 14.6 Å². The third kappa shape index (κ3) is 1.89. The normalized spacial score (nSPS) is 11.1. The molecule has 3 rings (SSSR count). The van der Waals surface area contributed by atoms with Crippen LogP contribution in [0.2, 0.25) is 5.02 Å². The molecule has 0 aliphatic heterocycles. The van der Waals surface area contributed by atoms with E-state index in [4.69, 9.17) is 11.6 Å². The highest BCUT2D eigenvalue weighted by Crippen LogP contribution is 2.24. The lowest BCUT2D eigenvalue weighted by atomic mass is 10.1. The zero-order valence-corrected chi connectivity index (χ0v) is 11.3. The van der Waals surface area contributed by atoms with Crippen LogP contribution >= 0.6 is 27.5 Å². The fourth-order valence-corrected chi connectivity index (χ4v) is 2.20. The van der Waals surface area contributed by atoms with Crippen LogP contribution in [0.25, 0.3) is 16.9 Å². The van der Waals surface area contributed by atoms with Crippen LogP contribution in [0, 0.1) is 5.82 Å². The van der Waals surface area contributed by atoms with Crippen molar-refractivity contribution < 1.29 is 4.39 Å². The van der Waals surface area contributed by atoms with E-state index in [1.807, 2.05) is 12.1 Å². The molecule has 3 aromatic rings. The molecule has 0 aliphatic carbocycles. The second kappa shape index (κ2) is 4.33. The second-order valence-corrected chi connectivity index (χ2v) is 4.92. The summed E-state index contributed by atoms with van der Waals surface area (Å²) < 4.78 is 15.5. The molecule has 0 atom stereocenters. The van der Waals surface area contributed by atoms with Gasteiger partial charge in [-0.3, -0.25) is 0 Å². The summed E-state index contributed by atoms with van der Waals surface area (Å²) in [7, 11) is 0. The van der Waals surface area contributed by atoms with Gasteiger partial charge in [-0.15, -0.1) is 0 Å². The Hall–Kier alpha value is -1.46. The number of fused-ring (bicyclic) bond motifs is 1. The largest absolute Gasteiger partial charge is 0.234 e. The molecule has 1 aromatic carbocycles. The molecule has 0 amide bonds. The minimum atomic E-state index is -0.440. The van der Waals surface area contributed by atoms with Gasteiger partial charge in [0.2, 0.25) is 0 Å². The van der Waals surface area contributed by atoms with Gasteiger partial charge in [0.05, 0.1) is 16.9 Å². The Morgan fingerprint density at radius 2 is 2.06 bits per heavy atom. The van der Waals surface area contributed by atoms with Crippen LogP contribution in [0.4, 0.5) is 4.39 Å². The molecule has 0 radical (unpaired) electrons. The highest BCUT2D eigenvalue weighted by Gasteiger charge is 2.07. The maximum Gasteiger partial charge on any atom is 0.154 e. The van der Waals surface area contributed by atoms with E-state index in [1.54, 1.807) is 22.8 Å². The molecule has 0 N–H and O–H groups in total. The molecule has 18 heavy (non-hydrogen) atoms. The van der Waals surface area contributed by atoms with E-state index in [2.05, 4.69) is 26.0 Å². The van der Waals surface area contributed by atoms with Crippen molar-refractivity contribution in [3.63, 3.8) is 0 Å². The standard InChI is InChI=1S/C12H6BrClFN3/c13-11-6-16-12-4-3-10(17-18(11)12)7-1-2-9(15)8(14)5-7/h1-6H. The van der Waals surface area contributed by atoms with Crippen molar-refractivity contribution >= 4 is 33.2 Å². The lowest BCUT2D eigenvalue weighted by molar-refractivity contribution is 0.628. The van der Waals surface area contributed by atoms with Gasteiger partial charge in [-0.1, -0.05) is 11.6 Å². The SMILES string of the molecule is Fc1ccc(-c2ccc3ncc(Br)n3n2)cc1Cl. The third-order valence-corrected chi connectivity index (χ3v) is 3.37. The van der Waals surface area contributed by atoms with Gasteiger partial charge < -0.3 is 0 Å². The Kier molecular flexibility index (Phi) is 2.80. The molecule has 0 aliphatic rings. The summed E-state index contributed by atoms with van der Waals surface area (Å²) in [5.74, 6) is -0.440. The molecule has 0 saturated heterocycles.